The predicted molar refractivity (Wildman–Crippen MR) is 105 cm³/mol. The second kappa shape index (κ2) is 7.40. The van der Waals surface area contributed by atoms with E-state index in [0.29, 0.717) is 23.4 Å². The zero-order valence-corrected chi connectivity index (χ0v) is 16.5. The molecule has 0 unspecified atom stereocenters. The lowest BCUT2D eigenvalue weighted by atomic mass is 10.0. The molecule has 0 spiro atoms. The van der Waals surface area contributed by atoms with Crippen molar-refractivity contribution in [3.63, 3.8) is 0 Å². The third kappa shape index (κ3) is 3.37. The number of aromatic hydroxyl groups is 1. The summed E-state index contributed by atoms with van der Waals surface area (Å²) in [4.78, 5) is 15.0. The fourth-order valence-corrected chi connectivity index (χ4v) is 4.15. The smallest absolute Gasteiger partial charge is 0.257 e. The van der Waals surface area contributed by atoms with Crippen molar-refractivity contribution in [1.29, 1.82) is 0 Å². The monoisotopic (exact) mass is 432 g/mol. The molecule has 142 valence electrons. The van der Waals surface area contributed by atoms with Crippen LogP contribution in [-0.2, 0) is 4.74 Å². The van der Waals surface area contributed by atoms with E-state index in [2.05, 4.69) is 21.2 Å². The number of ether oxygens (including phenoxy) is 2. The summed E-state index contributed by atoms with van der Waals surface area (Å²) in [6.45, 7) is 1.18. The maximum absolute atomic E-state index is 13.2. The predicted octanol–water partition coefficient (Wildman–Crippen LogP) is 3.91. The van der Waals surface area contributed by atoms with Crippen LogP contribution in [0.5, 0.6) is 11.5 Å². The molecule has 2 aromatic rings. The van der Waals surface area contributed by atoms with Crippen molar-refractivity contribution in [2.45, 2.75) is 25.1 Å². The maximum atomic E-state index is 13.2. The van der Waals surface area contributed by atoms with Gasteiger partial charge in [-0.05, 0) is 37.1 Å². The van der Waals surface area contributed by atoms with Gasteiger partial charge < -0.3 is 24.8 Å². The number of anilines is 1. The first kappa shape index (κ1) is 18.1. The molecule has 1 saturated heterocycles. The number of nitrogens with zero attached hydrogens (tertiary/aromatic N) is 1. The van der Waals surface area contributed by atoms with E-state index in [0.717, 1.165) is 29.6 Å². The molecule has 2 aliphatic rings. The van der Waals surface area contributed by atoms with Crippen molar-refractivity contribution < 1.29 is 19.4 Å². The van der Waals surface area contributed by atoms with E-state index in [9.17, 15) is 9.90 Å². The number of fused-ring (bicyclic) bond motifs is 1. The number of benzene rings is 2. The number of nitrogens with one attached hydrogen (secondary N) is 1. The lowest BCUT2D eigenvalue weighted by Gasteiger charge is -2.39. The fourth-order valence-electron chi connectivity index (χ4n) is 3.69. The van der Waals surface area contributed by atoms with E-state index in [4.69, 9.17) is 9.47 Å². The van der Waals surface area contributed by atoms with Gasteiger partial charge in [-0.15, -0.1) is 0 Å². The average Bonchev–Trinajstić information content (AvgIpc) is 3.19. The molecule has 2 aromatic carbocycles. The van der Waals surface area contributed by atoms with E-state index < -0.39 is 6.17 Å². The summed E-state index contributed by atoms with van der Waals surface area (Å²) in [5, 5.41) is 14.1. The van der Waals surface area contributed by atoms with Gasteiger partial charge in [0.25, 0.3) is 5.91 Å². The molecular formula is C20H21BrN2O4. The first-order valence-electron chi connectivity index (χ1n) is 8.93. The third-order valence-electron chi connectivity index (χ3n) is 5.03. The normalized spacial score (nSPS) is 21.7. The molecule has 2 N–H and O–H groups in total. The first-order valence-corrected chi connectivity index (χ1v) is 9.72. The van der Waals surface area contributed by atoms with Crippen LogP contribution in [0.15, 0.2) is 40.9 Å². The van der Waals surface area contributed by atoms with Crippen molar-refractivity contribution in [3.05, 3.63) is 52.0 Å². The summed E-state index contributed by atoms with van der Waals surface area (Å²) >= 11 is 3.46. The number of halogens is 1. The lowest BCUT2D eigenvalue weighted by molar-refractivity contribution is 0.0424. The molecule has 2 atom stereocenters. The largest absolute Gasteiger partial charge is 0.504 e. The van der Waals surface area contributed by atoms with Crippen LogP contribution in [-0.4, -0.2) is 42.3 Å². The van der Waals surface area contributed by atoms with Crippen molar-refractivity contribution in [2.75, 3.05) is 25.6 Å². The highest BCUT2D eigenvalue weighted by molar-refractivity contribution is 9.10. The summed E-state index contributed by atoms with van der Waals surface area (Å²) in [6, 6.07) is 10.9. The Morgan fingerprint density at radius 3 is 2.93 bits per heavy atom. The number of phenolic OH excluding ortho intramolecular Hbond substituents is 1. The van der Waals surface area contributed by atoms with Gasteiger partial charge in [-0.1, -0.05) is 28.1 Å². The number of methoxy groups -OCH3 is 1. The Bertz CT molecular complexity index is 867. The van der Waals surface area contributed by atoms with Crippen LogP contribution in [0.2, 0.25) is 0 Å². The molecule has 2 aliphatic heterocycles. The van der Waals surface area contributed by atoms with Gasteiger partial charge in [0, 0.05) is 28.9 Å². The number of hydrogen-bond donors (Lipinski definition) is 2. The van der Waals surface area contributed by atoms with Crippen LogP contribution in [0.4, 0.5) is 5.69 Å². The zero-order valence-electron chi connectivity index (χ0n) is 14.9. The molecule has 4 rings (SSSR count). The van der Waals surface area contributed by atoms with Crippen LogP contribution in [0.25, 0.3) is 0 Å². The van der Waals surface area contributed by atoms with E-state index in [1.807, 2.05) is 24.3 Å². The Kier molecular flexibility index (Phi) is 4.97. The number of amides is 1. The molecule has 0 aliphatic carbocycles. The molecule has 27 heavy (non-hydrogen) atoms. The van der Waals surface area contributed by atoms with Crippen molar-refractivity contribution in [3.8, 4) is 11.5 Å². The average molecular weight is 433 g/mol. The van der Waals surface area contributed by atoms with Crippen LogP contribution in [0.1, 0.15) is 34.9 Å². The number of carbonyl (C=O) groups is 1. The molecule has 1 amide bonds. The van der Waals surface area contributed by atoms with Gasteiger partial charge in [-0.2, -0.15) is 0 Å². The summed E-state index contributed by atoms with van der Waals surface area (Å²) in [6.07, 6.45) is 1.39. The van der Waals surface area contributed by atoms with E-state index in [-0.39, 0.29) is 17.8 Å². The second-order valence-electron chi connectivity index (χ2n) is 6.73. The van der Waals surface area contributed by atoms with Crippen LogP contribution >= 0.6 is 15.9 Å². The quantitative estimate of drug-likeness (QED) is 0.765. The summed E-state index contributed by atoms with van der Waals surface area (Å²) in [7, 11) is 1.50. The Morgan fingerprint density at radius 1 is 1.37 bits per heavy atom. The van der Waals surface area contributed by atoms with Gasteiger partial charge in [-0.25, -0.2) is 0 Å². The standard InChI is InChI=1S/C20H21BrN2O4/c1-26-17-10-12(21)9-15(18(17)24)19-22-16-7-3-2-6-14(16)20(25)23(19)11-13-5-4-8-27-13/h2-3,6-7,9-10,13,19,22,24H,4-5,8,11H2,1H3/t13-,19-/m1/s1. The second-order valence-corrected chi connectivity index (χ2v) is 7.65. The lowest BCUT2D eigenvalue weighted by Crippen LogP contribution is -2.46. The third-order valence-corrected chi connectivity index (χ3v) is 5.49. The van der Waals surface area contributed by atoms with Gasteiger partial charge in [0.1, 0.15) is 6.17 Å². The van der Waals surface area contributed by atoms with Crippen molar-refractivity contribution >= 4 is 27.5 Å². The number of phenols is 1. The van der Waals surface area contributed by atoms with Crippen LogP contribution in [0.3, 0.4) is 0 Å². The summed E-state index contributed by atoms with van der Waals surface area (Å²) in [5.74, 6) is 0.287. The van der Waals surface area contributed by atoms with E-state index >= 15 is 0 Å². The van der Waals surface area contributed by atoms with E-state index in [1.54, 1.807) is 17.0 Å². The summed E-state index contributed by atoms with van der Waals surface area (Å²) in [5.41, 5.74) is 1.93. The SMILES string of the molecule is COc1cc(Br)cc([C@@H]2Nc3ccccc3C(=O)N2C[C@H]2CCCO2)c1O. The van der Waals surface area contributed by atoms with Gasteiger partial charge in [0.15, 0.2) is 11.5 Å². The highest BCUT2D eigenvalue weighted by atomic mass is 79.9. The molecule has 2 heterocycles. The Hall–Kier alpha value is -2.25. The summed E-state index contributed by atoms with van der Waals surface area (Å²) < 4.78 is 11.8. The van der Waals surface area contributed by atoms with Gasteiger partial charge in [0.2, 0.25) is 0 Å². The molecular weight excluding hydrogens is 412 g/mol. The number of hydrogen-bond acceptors (Lipinski definition) is 5. The molecule has 0 radical (unpaired) electrons. The fraction of sp³-hybridized carbons (Fsp3) is 0.350. The van der Waals surface area contributed by atoms with Gasteiger partial charge in [0.05, 0.1) is 18.8 Å². The molecule has 1 fully saturated rings. The van der Waals surface area contributed by atoms with Crippen molar-refractivity contribution in [2.24, 2.45) is 0 Å². The molecule has 6 nitrogen and oxygen atoms in total. The highest BCUT2D eigenvalue weighted by Crippen LogP contribution is 2.42. The molecule has 0 saturated carbocycles. The Labute approximate surface area is 166 Å². The number of para-hydroxylation sites is 1. The number of rotatable bonds is 4. The van der Waals surface area contributed by atoms with E-state index in [1.165, 1.54) is 7.11 Å². The first-order chi connectivity index (χ1) is 13.1. The molecule has 0 aromatic heterocycles. The maximum Gasteiger partial charge on any atom is 0.257 e. The van der Waals surface area contributed by atoms with Gasteiger partial charge in [-0.3, -0.25) is 4.79 Å². The minimum absolute atomic E-state index is 0.000274. The topological polar surface area (TPSA) is 71.0 Å². The van der Waals surface area contributed by atoms with Crippen molar-refractivity contribution in [1.82, 2.24) is 4.90 Å². The Morgan fingerprint density at radius 2 is 2.19 bits per heavy atom. The Balaban J connectivity index is 1.78. The van der Waals surface area contributed by atoms with Gasteiger partial charge >= 0.3 is 0 Å². The molecule has 0 bridgehead atoms. The zero-order chi connectivity index (χ0) is 19.0. The number of carbonyl (C=O) groups excluding carboxylic acids is 1. The minimum Gasteiger partial charge on any atom is -0.504 e. The molecule has 7 heteroatoms. The highest BCUT2D eigenvalue weighted by Gasteiger charge is 2.37. The van der Waals surface area contributed by atoms with Crippen LogP contribution in [0, 0.1) is 0 Å². The minimum atomic E-state index is -0.525. The van der Waals surface area contributed by atoms with Crippen LogP contribution < -0.4 is 10.1 Å².